The molecule has 1 saturated heterocycles. The topological polar surface area (TPSA) is 72.9 Å². The Bertz CT molecular complexity index is 694. The van der Waals surface area contributed by atoms with Crippen molar-refractivity contribution in [2.45, 2.75) is 31.9 Å². The number of carbonyl (C=O) groups is 1. The van der Waals surface area contributed by atoms with Gasteiger partial charge in [-0.3, -0.25) is 8.98 Å². The number of rotatable bonds is 4. The predicted octanol–water partition coefficient (Wildman–Crippen LogP) is 1.34. The second kappa shape index (κ2) is 6.59. The van der Waals surface area contributed by atoms with Gasteiger partial charge in [-0.05, 0) is 36.5 Å². The average molecular weight is 339 g/mol. The number of ether oxygens (including phenoxy) is 1. The zero-order chi connectivity index (χ0) is 16.4. The van der Waals surface area contributed by atoms with Crippen LogP contribution in [-0.2, 0) is 32.1 Å². The summed E-state index contributed by atoms with van der Waals surface area (Å²) in [5.74, 6) is 0.0636. The third kappa shape index (κ3) is 3.91. The molecule has 23 heavy (non-hydrogen) atoms. The molecule has 0 N–H and O–H groups in total. The van der Waals surface area contributed by atoms with E-state index in [1.165, 1.54) is 0 Å². The number of benzene rings is 1. The molecule has 1 fully saturated rings. The zero-order valence-corrected chi connectivity index (χ0v) is 14.0. The monoisotopic (exact) mass is 339 g/mol. The Kier molecular flexibility index (Phi) is 4.70. The van der Waals surface area contributed by atoms with Crippen LogP contribution in [0.3, 0.4) is 0 Å². The SMILES string of the molecule is CS(=O)(=O)OCc1ccc2c(c1)CCN(C1CCOCC1)C2=O. The van der Waals surface area contributed by atoms with Gasteiger partial charge in [0, 0.05) is 31.4 Å². The Morgan fingerprint density at radius 3 is 2.74 bits per heavy atom. The van der Waals surface area contributed by atoms with Crippen molar-refractivity contribution in [3.05, 3.63) is 34.9 Å². The lowest BCUT2D eigenvalue weighted by atomic mass is 9.94. The van der Waals surface area contributed by atoms with E-state index in [4.69, 9.17) is 8.92 Å². The van der Waals surface area contributed by atoms with Crippen LogP contribution in [0.4, 0.5) is 0 Å². The molecule has 2 heterocycles. The van der Waals surface area contributed by atoms with Crippen LogP contribution in [-0.4, -0.2) is 51.3 Å². The van der Waals surface area contributed by atoms with E-state index in [1.54, 1.807) is 12.1 Å². The van der Waals surface area contributed by atoms with Gasteiger partial charge in [-0.2, -0.15) is 8.42 Å². The highest BCUT2D eigenvalue weighted by atomic mass is 32.2. The Hall–Kier alpha value is -1.44. The third-order valence-corrected chi connectivity index (χ3v) is 4.90. The van der Waals surface area contributed by atoms with Gasteiger partial charge >= 0.3 is 0 Å². The number of nitrogens with zero attached hydrogens (tertiary/aromatic N) is 1. The quantitative estimate of drug-likeness (QED) is 0.774. The van der Waals surface area contributed by atoms with Gasteiger partial charge in [0.25, 0.3) is 16.0 Å². The van der Waals surface area contributed by atoms with Gasteiger partial charge in [-0.1, -0.05) is 12.1 Å². The smallest absolute Gasteiger partial charge is 0.264 e. The summed E-state index contributed by atoms with van der Waals surface area (Å²) < 4.78 is 32.3. The molecule has 1 aromatic rings. The maximum absolute atomic E-state index is 12.7. The van der Waals surface area contributed by atoms with Gasteiger partial charge in [0.2, 0.25) is 0 Å². The molecular weight excluding hydrogens is 318 g/mol. The normalized spacial score (nSPS) is 19.7. The van der Waals surface area contributed by atoms with Gasteiger partial charge in [0.15, 0.2) is 0 Å². The molecule has 2 aliphatic rings. The lowest BCUT2D eigenvalue weighted by Gasteiger charge is -2.37. The number of hydrogen-bond donors (Lipinski definition) is 0. The summed E-state index contributed by atoms with van der Waals surface area (Å²) in [5.41, 5.74) is 2.44. The van der Waals surface area contributed by atoms with E-state index in [-0.39, 0.29) is 18.6 Å². The summed E-state index contributed by atoms with van der Waals surface area (Å²) in [7, 11) is -3.46. The molecule has 0 bridgehead atoms. The van der Waals surface area contributed by atoms with E-state index in [9.17, 15) is 13.2 Å². The van der Waals surface area contributed by atoms with Crippen LogP contribution in [0.5, 0.6) is 0 Å². The molecule has 0 saturated carbocycles. The van der Waals surface area contributed by atoms with Crippen molar-refractivity contribution in [2.75, 3.05) is 26.0 Å². The number of carbonyl (C=O) groups excluding carboxylic acids is 1. The van der Waals surface area contributed by atoms with Crippen molar-refractivity contribution in [1.29, 1.82) is 0 Å². The van der Waals surface area contributed by atoms with Crippen molar-refractivity contribution < 1.29 is 22.1 Å². The summed E-state index contributed by atoms with van der Waals surface area (Å²) >= 11 is 0. The van der Waals surface area contributed by atoms with Gasteiger partial charge in [-0.25, -0.2) is 0 Å². The maximum Gasteiger partial charge on any atom is 0.264 e. The number of amides is 1. The first-order valence-corrected chi connectivity index (χ1v) is 9.60. The van der Waals surface area contributed by atoms with Gasteiger partial charge in [-0.15, -0.1) is 0 Å². The second-order valence-corrected chi connectivity index (χ2v) is 7.69. The largest absolute Gasteiger partial charge is 0.381 e. The molecule has 0 radical (unpaired) electrons. The highest BCUT2D eigenvalue weighted by Gasteiger charge is 2.31. The second-order valence-electron chi connectivity index (χ2n) is 6.05. The first-order valence-electron chi connectivity index (χ1n) is 7.79. The molecule has 0 spiro atoms. The minimum atomic E-state index is -3.46. The fraction of sp³-hybridized carbons (Fsp3) is 0.562. The van der Waals surface area contributed by atoms with Crippen molar-refractivity contribution in [3.63, 3.8) is 0 Å². The standard InChI is InChI=1S/C16H21NO5S/c1-23(19,20)22-11-12-2-3-15-13(10-12)4-7-17(16(15)18)14-5-8-21-9-6-14/h2-3,10,14H,4-9,11H2,1H3. The Balaban J connectivity index is 1.74. The van der Waals surface area contributed by atoms with Crippen LogP contribution >= 0.6 is 0 Å². The van der Waals surface area contributed by atoms with Crippen molar-refractivity contribution in [1.82, 2.24) is 4.90 Å². The number of fused-ring (bicyclic) bond motifs is 1. The molecule has 0 aliphatic carbocycles. The van der Waals surface area contributed by atoms with Crippen LogP contribution in [0.1, 0.15) is 34.3 Å². The van der Waals surface area contributed by atoms with E-state index in [0.29, 0.717) is 25.3 Å². The van der Waals surface area contributed by atoms with Crippen LogP contribution in [0.15, 0.2) is 18.2 Å². The summed E-state index contributed by atoms with van der Waals surface area (Å²) in [4.78, 5) is 14.7. The van der Waals surface area contributed by atoms with Gasteiger partial charge in [0.05, 0.1) is 12.9 Å². The van der Waals surface area contributed by atoms with Crippen molar-refractivity contribution in [2.24, 2.45) is 0 Å². The van der Waals surface area contributed by atoms with E-state index in [2.05, 4.69) is 0 Å². The summed E-state index contributed by atoms with van der Waals surface area (Å²) in [6, 6.07) is 5.68. The number of hydrogen-bond acceptors (Lipinski definition) is 5. The Labute approximate surface area is 136 Å². The minimum absolute atomic E-state index is 0.00395. The molecule has 2 aliphatic heterocycles. The zero-order valence-electron chi connectivity index (χ0n) is 13.2. The molecule has 126 valence electrons. The Morgan fingerprint density at radius 1 is 1.30 bits per heavy atom. The summed E-state index contributed by atoms with van der Waals surface area (Å²) in [6.07, 6.45) is 3.59. The van der Waals surface area contributed by atoms with Gasteiger partial charge in [0.1, 0.15) is 0 Å². The van der Waals surface area contributed by atoms with Crippen molar-refractivity contribution in [3.8, 4) is 0 Å². The van der Waals surface area contributed by atoms with Crippen LogP contribution < -0.4 is 0 Å². The van der Waals surface area contributed by atoms with E-state index < -0.39 is 10.1 Å². The molecule has 3 rings (SSSR count). The fourth-order valence-corrected chi connectivity index (χ4v) is 3.52. The first-order chi connectivity index (χ1) is 10.9. The predicted molar refractivity (Wildman–Crippen MR) is 84.7 cm³/mol. The van der Waals surface area contributed by atoms with E-state index in [1.807, 2.05) is 11.0 Å². The van der Waals surface area contributed by atoms with Gasteiger partial charge < -0.3 is 9.64 Å². The van der Waals surface area contributed by atoms with Crippen LogP contribution in [0, 0.1) is 0 Å². The van der Waals surface area contributed by atoms with E-state index in [0.717, 1.165) is 36.6 Å². The molecular formula is C16H21NO5S. The fourth-order valence-electron chi connectivity index (χ4n) is 3.17. The molecule has 1 aromatic carbocycles. The van der Waals surface area contributed by atoms with Crippen LogP contribution in [0.25, 0.3) is 0 Å². The first kappa shape index (κ1) is 16.4. The third-order valence-electron chi connectivity index (χ3n) is 4.35. The van der Waals surface area contributed by atoms with E-state index >= 15 is 0 Å². The molecule has 0 aromatic heterocycles. The van der Waals surface area contributed by atoms with Crippen LogP contribution in [0.2, 0.25) is 0 Å². The molecule has 7 heteroatoms. The Morgan fingerprint density at radius 2 is 2.04 bits per heavy atom. The molecule has 6 nitrogen and oxygen atoms in total. The molecule has 0 unspecified atom stereocenters. The molecule has 0 atom stereocenters. The summed E-state index contributed by atoms with van der Waals surface area (Å²) in [6.45, 7) is 2.13. The summed E-state index contributed by atoms with van der Waals surface area (Å²) in [5, 5.41) is 0. The average Bonchev–Trinajstić information content (AvgIpc) is 2.53. The van der Waals surface area contributed by atoms with Crippen molar-refractivity contribution >= 4 is 16.0 Å². The highest BCUT2D eigenvalue weighted by Crippen LogP contribution is 2.25. The minimum Gasteiger partial charge on any atom is -0.381 e. The molecule has 1 amide bonds. The highest BCUT2D eigenvalue weighted by molar-refractivity contribution is 7.85. The lowest BCUT2D eigenvalue weighted by molar-refractivity contribution is 0.0276. The lowest BCUT2D eigenvalue weighted by Crippen LogP contribution is -2.47. The maximum atomic E-state index is 12.7.